The number of benzene rings is 1. The van der Waals surface area contributed by atoms with Crippen LogP contribution in [0.25, 0.3) is 6.08 Å². The van der Waals surface area contributed by atoms with Crippen LogP contribution in [0.3, 0.4) is 0 Å². The van der Waals surface area contributed by atoms with Gasteiger partial charge >= 0.3 is 0 Å². The second kappa shape index (κ2) is 3.14. The summed E-state index contributed by atoms with van der Waals surface area (Å²) in [6.45, 7) is 7.90. The van der Waals surface area contributed by atoms with E-state index >= 15 is 0 Å². The van der Waals surface area contributed by atoms with Crippen LogP contribution >= 0.6 is 0 Å². The highest BCUT2D eigenvalue weighted by Gasteiger charge is 2.12. The van der Waals surface area contributed by atoms with Crippen LogP contribution in [-0.4, -0.2) is 0 Å². The van der Waals surface area contributed by atoms with Gasteiger partial charge in [0.2, 0.25) is 0 Å². The topological polar surface area (TPSA) is 0 Å². The Labute approximate surface area is 76.3 Å². The molecule has 0 amide bonds. The minimum atomic E-state index is 0.212. The highest BCUT2D eigenvalue weighted by Crippen LogP contribution is 2.22. The maximum Gasteiger partial charge on any atom is 0.0538 e. The van der Waals surface area contributed by atoms with Crippen LogP contribution in [0.15, 0.2) is 30.8 Å². The molecule has 0 aliphatic rings. The summed E-state index contributed by atoms with van der Waals surface area (Å²) in [5.41, 5.74) is 2.63. The van der Waals surface area contributed by atoms with Gasteiger partial charge in [0.25, 0.3) is 0 Å². The third kappa shape index (κ3) is 1.97. The molecule has 0 atom stereocenters. The van der Waals surface area contributed by atoms with Crippen molar-refractivity contribution in [1.82, 2.24) is 0 Å². The van der Waals surface area contributed by atoms with Gasteiger partial charge in [-0.05, 0) is 16.5 Å². The average Bonchev–Trinajstić information content (AvgIpc) is 2.04. The smallest absolute Gasteiger partial charge is 0.0538 e. The Kier molecular flexibility index (Phi) is 1.99. The lowest BCUT2D eigenvalue weighted by molar-refractivity contribution is 0.590. The molecule has 0 fully saturated rings. The summed E-state index contributed by atoms with van der Waals surface area (Å²) in [4.78, 5) is 0. The van der Waals surface area contributed by atoms with Crippen molar-refractivity contribution < 1.29 is 1.37 Å². The van der Waals surface area contributed by atoms with Crippen molar-refractivity contribution in [3.63, 3.8) is 0 Å². The Bertz CT molecular complexity index is 288. The van der Waals surface area contributed by atoms with Gasteiger partial charge in [-0.1, -0.05) is 57.7 Å². The van der Waals surface area contributed by atoms with Crippen LogP contribution in [0.2, 0.25) is 0 Å². The molecule has 0 saturated carbocycles. The van der Waals surface area contributed by atoms with Crippen molar-refractivity contribution in [2.24, 2.45) is 0 Å². The van der Waals surface area contributed by atoms with Gasteiger partial charge < -0.3 is 0 Å². The van der Waals surface area contributed by atoms with Crippen molar-refractivity contribution in [2.75, 3.05) is 0 Å². The maximum atomic E-state index is 6.94. The second-order valence-electron chi connectivity index (χ2n) is 4.04. The lowest BCUT2D eigenvalue weighted by Gasteiger charge is -2.18. The molecule has 0 saturated heterocycles. The molecule has 0 N–H and O–H groups in total. The largest absolute Gasteiger partial charge is 0.0985 e. The van der Waals surface area contributed by atoms with E-state index in [2.05, 4.69) is 32.9 Å². The third-order valence-electron chi connectivity index (χ3n) is 1.97. The van der Waals surface area contributed by atoms with Crippen LogP contribution in [0.5, 0.6) is 0 Å². The minimum Gasteiger partial charge on any atom is -0.0985 e. The zero-order chi connectivity index (χ0) is 9.90. The fourth-order valence-electron chi connectivity index (χ4n) is 1.09. The molecule has 0 unspecified atom stereocenters. The average molecular weight is 161 g/mol. The molecule has 0 spiro atoms. The molecule has 0 heterocycles. The highest BCUT2D eigenvalue weighted by atomic mass is 14.2. The van der Waals surface area contributed by atoms with E-state index in [1.165, 1.54) is 12.1 Å². The monoisotopic (exact) mass is 161 g/mol. The summed E-state index contributed by atoms with van der Waals surface area (Å²) < 4.78 is 6.94. The van der Waals surface area contributed by atoms with Crippen LogP contribution in [0, 0.1) is 0 Å². The Morgan fingerprint density at radius 2 is 1.83 bits per heavy atom. The summed E-state index contributed by atoms with van der Waals surface area (Å²) in [5.74, 6) is 0. The first-order chi connectivity index (χ1) is 6.04. The van der Waals surface area contributed by atoms with E-state index in [4.69, 9.17) is 1.37 Å². The van der Waals surface area contributed by atoms with E-state index in [-0.39, 0.29) is 5.41 Å². The number of hydrogen-bond donors (Lipinski definition) is 0. The van der Waals surface area contributed by atoms with E-state index in [1.54, 1.807) is 6.08 Å². The molecular weight excluding hydrogens is 144 g/mol. The molecule has 0 radical (unpaired) electrons. The van der Waals surface area contributed by atoms with Crippen LogP contribution in [0.1, 0.15) is 33.3 Å². The maximum absolute atomic E-state index is 6.94. The first-order valence-electron chi connectivity index (χ1n) is 4.77. The molecule has 0 bridgehead atoms. The predicted octanol–water partition coefficient (Wildman–Crippen LogP) is 3.63. The van der Waals surface area contributed by atoms with Gasteiger partial charge in [-0.15, -0.1) is 0 Å². The van der Waals surface area contributed by atoms with Gasteiger partial charge in [0.05, 0.1) is 1.37 Å². The predicted molar refractivity (Wildman–Crippen MR) is 55.2 cm³/mol. The van der Waals surface area contributed by atoms with Gasteiger partial charge in [-0.25, -0.2) is 0 Å². The minimum absolute atomic E-state index is 0.212. The quantitative estimate of drug-likeness (QED) is 0.590. The Balaban J connectivity index is 2.94. The zero-order valence-electron chi connectivity index (χ0n) is 8.96. The van der Waals surface area contributed by atoms with E-state index in [0.29, 0.717) is 0 Å². The standard InChI is InChI=1S/C12H16/c1-5-10-6-8-11(9-7-10)12(2,3)4/h5-9H,1H2,2-4H3/i1D. The van der Waals surface area contributed by atoms with Gasteiger partial charge in [0, 0.05) is 0 Å². The molecule has 0 aromatic heterocycles. The van der Waals surface area contributed by atoms with Crippen molar-refractivity contribution in [3.05, 3.63) is 41.9 Å². The first-order valence-corrected chi connectivity index (χ1v) is 4.19. The molecule has 1 aromatic rings. The summed E-state index contributed by atoms with van der Waals surface area (Å²) in [7, 11) is 0. The first kappa shape index (κ1) is 7.60. The van der Waals surface area contributed by atoms with Crippen molar-refractivity contribution >= 4 is 6.08 Å². The van der Waals surface area contributed by atoms with Gasteiger partial charge in [-0.3, -0.25) is 0 Å². The van der Waals surface area contributed by atoms with Gasteiger partial charge in [-0.2, -0.15) is 0 Å². The van der Waals surface area contributed by atoms with Crippen LogP contribution in [0.4, 0.5) is 0 Å². The molecular formula is C12H16. The van der Waals surface area contributed by atoms with Gasteiger partial charge in [0.1, 0.15) is 0 Å². The van der Waals surface area contributed by atoms with E-state index in [9.17, 15) is 0 Å². The SMILES string of the molecule is [2H]C=Cc1ccc(C(C)(C)C)cc1. The third-order valence-corrected chi connectivity index (χ3v) is 1.97. The number of rotatable bonds is 1. The van der Waals surface area contributed by atoms with Crippen molar-refractivity contribution in [2.45, 2.75) is 26.2 Å². The Hall–Kier alpha value is -1.04. The lowest BCUT2D eigenvalue weighted by atomic mass is 9.87. The number of hydrogen-bond acceptors (Lipinski definition) is 0. The van der Waals surface area contributed by atoms with Crippen molar-refractivity contribution in [3.8, 4) is 0 Å². The van der Waals surface area contributed by atoms with E-state index in [1.807, 2.05) is 12.1 Å². The van der Waals surface area contributed by atoms with Gasteiger partial charge in [0.15, 0.2) is 0 Å². The fraction of sp³-hybridized carbons (Fsp3) is 0.333. The molecule has 0 aliphatic heterocycles. The fourth-order valence-corrected chi connectivity index (χ4v) is 1.09. The zero-order valence-corrected chi connectivity index (χ0v) is 7.96. The van der Waals surface area contributed by atoms with E-state index < -0.39 is 0 Å². The molecule has 0 aliphatic carbocycles. The molecule has 12 heavy (non-hydrogen) atoms. The van der Waals surface area contributed by atoms with Crippen molar-refractivity contribution in [1.29, 1.82) is 0 Å². The Morgan fingerprint density at radius 3 is 2.25 bits per heavy atom. The molecule has 64 valence electrons. The van der Waals surface area contributed by atoms with Crippen LogP contribution < -0.4 is 0 Å². The normalized spacial score (nSPS) is 13.4. The van der Waals surface area contributed by atoms with E-state index in [0.717, 1.165) is 5.56 Å². The highest BCUT2D eigenvalue weighted by molar-refractivity contribution is 5.47. The summed E-state index contributed by atoms with van der Waals surface area (Å²) in [5, 5.41) is 0. The summed E-state index contributed by atoms with van der Waals surface area (Å²) in [6, 6.07) is 8.34. The summed E-state index contributed by atoms with van der Waals surface area (Å²) in [6.07, 6.45) is 1.78. The second-order valence-corrected chi connectivity index (χ2v) is 4.04. The molecule has 0 heteroatoms. The Morgan fingerprint density at radius 1 is 1.25 bits per heavy atom. The lowest BCUT2D eigenvalue weighted by Crippen LogP contribution is -2.10. The molecule has 1 rings (SSSR count). The van der Waals surface area contributed by atoms with Crippen LogP contribution in [-0.2, 0) is 5.41 Å². The molecule has 1 aromatic carbocycles. The molecule has 0 nitrogen and oxygen atoms in total. The summed E-state index contributed by atoms with van der Waals surface area (Å²) >= 11 is 0.